The van der Waals surface area contributed by atoms with Crippen LogP contribution in [0.15, 0.2) is 48.5 Å². The van der Waals surface area contributed by atoms with Gasteiger partial charge in [-0.1, -0.05) is 46.9 Å². The second-order valence-corrected chi connectivity index (χ2v) is 12.6. The lowest BCUT2D eigenvalue weighted by molar-refractivity contribution is -0.116. The first-order valence-corrected chi connectivity index (χ1v) is 15.0. The van der Waals surface area contributed by atoms with Crippen LogP contribution < -0.4 is 9.80 Å². The molecule has 0 radical (unpaired) electrons. The maximum absolute atomic E-state index is 13.0. The molecule has 196 valence electrons. The van der Waals surface area contributed by atoms with Crippen molar-refractivity contribution in [3.8, 4) is 0 Å². The number of benzene rings is 2. The third-order valence-corrected chi connectivity index (χ3v) is 9.59. The Kier molecular flexibility index (Phi) is 8.02. The smallest absolute Gasteiger partial charge is 0.240 e. The highest BCUT2D eigenvalue weighted by Crippen LogP contribution is 2.43. The highest BCUT2D eigenvalue weighted by molar-refractivity contribution is 8.01. The molecule has 4 aromatic rings. The van der Waals surface area contributed by atoms with E-state index in [9.17, 15) is 18.4 Å². The summed E-state index contributed by atoms with van der Waals surface area (Å²) in [5.74, 6) is 0.264. The summed E-state index contributed by atoms with van der Waals surface area (Å²) in [7, 11) is 0. The lowest BCUT2D eigenvalue weighted by atomic mass is 10.2. The van der Waals surface area contributed by atoms with Crippen LogP contribution in [0.1, 0.15) is 31.9 Å². The van der Waals surface area contributed by atoms with E-state index in [0.29, 0.717) is 21.8 Å². The molecule has 2 aliphatic rings. The van der Waals surface area contributed by atoms with Crippen molar-refractivity contribution in [1.29, 1.82) is 0 Å². The number of amides is 2. The van der Waals surface area contributed by atoms with Crippen LogP contribution in [0.25, 0.3) is 0 Å². The first-order valence-electron chi connectivity index (χ1n) is 11.3. The van der Waals surface area contributed by atoms with Gasteiger partial charge in [0.25, 0.3) is 0 Å². The molecule has 6 rings (SSSR count). The zero-order valence-electron chi connectivity index (χ0n) is 20.1. The maximum atomic E-state index is 13.0. The summed E-state index contributed by atoms with van der Waals surface area (Å²) in [6.07, 6.45) is 0. The Morgan fingerprint density at radius 2 is 1.03 bits per heavy atom. The van der Waals surface area contributed by atoms with E-state index in [1.165, 1.54) is 70.5 Å². The van der Waals surface area contributed by atoms with Crippen LogP contribution in [-0.2, 0) is 9.59 Å². The van der Waals surface area contributed by atoms with Gasteiger partial charge in [0, 0.05) is 0 Å². The number of hydrogen-bond donors (Lipinski definition) is 0. The number of thioether (sulfide) groups is 2. The van der Waals surface area contributed by atoms with Crippen LogP contribution in [-0.4, -0.2) is 43.7 Å². The van der Waals surface area contributed by atoms with Crippen molar-refractivity contribution in [3.63, 3.8) is 0 Å². The molecule has 0 spiro atoms. The van der Waals surface area contributed by atoms with E-state index < -0.39 is 0 Å². The Hall–Kier alpha value is -2.94. The Morgan fingerprint density at radius 1 is 0.658 bits per heavy atom. The molecule has 2 aromatic heterocycles. The molecule has 2 fully saturated rings. The summed E-state index contributed by atoms with van der Waals surface area (Å²) < 4.78 is 25.9. The van der Waals surface area contributed by atoms with Crippen LogP contribution in [0.4, 0.5) is 19.0 Å². The second kappa shape index (κ2) is 11.4. The molecule has 4 heterocycles. The van der Waals surface area contributed by atoms with Gasteiger partial charge in [-0.05, 0) is 49.2 Å². The fraction of sp³-hybridized carbons (Fsp3) is 0.250. The second-order valence-electron chi connectivity index (χ2n) is 8.16. The summed E-state index contributed by atoms with van der Waals surface area (Å²) in [6.45, 7) is 3.70. The van der Waals surface area contributed by atoms with Gasteiger partial charge in [0.15, 0.2) is 0 Å². The highest BCUT2D eigenvalue weighted by atomic mass is 32.2. The van der Waals surface area contributed by atoms with Gasteiger partial charge in [0.1, 0.15) is 32.4 Å². The Bertz CT molecular complexity index is 1340. The molecule has 2 aliphatic heterocycles. The average Bonchev–Trinajstić information content (AvgIpc) is 3.68. The molecule has 0 N–H and O–H groups in total. The third-order valence-electron chi connectivity index (χ3n) is 5.49. The number of aromatic nitrogens is 4. The molecule has 8 nitrogen and oxygen atoms in total. The number of carbonyl (C=O) groups excluding carboxylic acids is 2. The standard InChI is InChI=1S/2C12H10FN3OS2/c2*1-7-14-15-12(19-7)16-10(17)6-18-11(16)8-2-4-9(13)5-3-8/h2*2-5,11H,6H2,1H3. The van der Waals surface area contributed by atoms with Gasteiger partial charge in [0.2, 0.25) is 22.1 Å². The molecular weight excluding hydrogens is 571 g/mol. The molecule has 2 amide bonds. The number of nitrogens with zero attached hydrogens (tertiary/aromatic N) is 6. The van der Waals surface area contributed by atoms with Crippen molar-refractivity contribution in [1.82, 2.24) is 20.4 Å². The maximum Gasteiger partial charge on any atom is 0.240 e. The van der Waals surface area contributed by atoms with Crippen LogP contribution in [0.3, 0.4) is 0 Å². The molecule has 2 unspecified atom stereocenters. The lowest BCUT2D eigenvalue weighted by Gasteiger charge is -2.20. The molecule has 2 saturated heterocycles. The predicted octanol–water partition coefficient (Wildman–Crippen LogP) is 5.53. The summed E-state index contributed by atoms with van der Waals surface area (Å²) in [5, 5.41) is 18.5. The minimum absolute atomic E-state index is 0.00970. The molecule has 0 bridgehead atoms. The molecule has 2 atom stereocenters. The fourth-order valence-electron chi connectivity index (χ4n) is 3.78. The first-order chi connectivity index (χ1) is 18.3. The van der Waals surface area contributed by atoms with Gasteiger partial charge in [-0.2, -0.15) is 0 Å². The molecule has 14 heteroatoms. The van der Waals surface area contributed by atoms with Crippen molar-refractivity contribution in [2.24, 2.45) is 0 Å². The quantitative estimate of drug-likeness (QED) is 0.307. The van der Waals surface area contributed by atoms with E-state index >= 15 is 0 Å². The molecule has 0 aliphatic carbocycles. The minimum Gasteiger partial charge on any atom is -0.273 e. The number of anilines is 2. The van der Waals surface area contributed by atoms with E-state index in [0.717, 1.165) is 21.1 Å². The van der Waals surface area contributed by atoms with Gasteiger partial charge in [-0.15, -0.1) is 43.9 Å². The van der Waals surface area contributed by atoms with Gasteiger partial charge in [-0.3, -0.25) is 19.4 Å². The highest BCUT2D eigenvalue weighted by Gasteiger charge is 2.37. The first kappa shape index (κ1) is 26.7. The van der Waals surface area contributed by atoms with E-state index in [1.54, 1.807) is 34.1 Å². The Labute approximate surface area is 233 Å². The van der Waals surface area contributed by atoms with Crippen molar-refractivity contribution >= 4 is 68.3 Å². The summed E-state index contributed by atoms with van der Waals surface area (Å²) in [5.41, 5.74) is 1.79. The van der Waals surface area contributed by atoms with Crippen LogP contribution in [0.2, 0.25) is 0 Å². The largest absolute Gasteiger partial charge is 0.273 e. The normalized spacial score (nSPS) is 19.2. The average molecular weight is 591 g/mol. The van der Waals surface area contributed by atoms with Crippen LogP contribution in [0.5, 0.6) is 0 Å². The predicted molar refractivity (Wildman–Crippen MR) is 147 cm³/mol. The lowest BCUT2D eigenvalue weighted by Crippen LogP contribution is -2.27. The molecule has 0 saturated carbocycles. The van der Waals surface area contributed by atoms with E-state index in [4.69, 9.17) is 0 Å². The van der Waals surface area contributed by atoms with Crippen molar-refractivity contribution < 1.29 is 18.4 Å². The number of aryl methyl sites for hydroxylation is 2. The van der Waals surface area contributed by atoms with E-state index in [2.05, 4.69) is 20.4 Å². The minimum atomic E-state index is -0.281. The Balaban J connectivity index is 0.000000155. The van der Waals surface area contributed by atoms with Crippen molar-refractivity contribution in [2.45, 2.75) is 24.6 Å². The molecule has 2 aromatic carbocycles. The van der Waals surface area contributed by atoms with Crippen LogP contribution >= 0.6 is 46.2 Å². The van der Waals surface area contributed by atoms with Gasteiger partial charge < -0.3 is 0 Å². The third kappa shape index (κ3) is 5.72. The Morgan fingerprint density at radius 3 is 1.34 bits per heavy atom. The summed E-state index contributed by atoms with van der Waals surface area (Å²) >= 11 is 5.80. The SMILES string of the molecule is Cc1nnc(N2C(=O)CSC2c2ccc(F)cc2)s1.Cc1nnc(N2C(=O)CSC2c2ccc(F)cc2)s1. The van der Waals surface area contributed by atoms with E-state index in [1.807, 2.05) is 13.8 Å². The van der Waals surface area contributed by atoms with Crippen molar-refractivity contribution in [2.75, 3.05) is 21.3 Å². The number of carbonyl (C=O) groups is 2. The fourth-order valence-corrected chi connectivity index (χ4v) is 7.69. The van der Waals surface area contributed by atoms with Crippen molar-refractivity contribution in [3.05, 3.63) is 81.3 Å². The van der Waals surface area contributed by atoms with Crippen LogP contribution in [0, 0.1) is 25.5 Å². The number of hydrogen-bond acceptors (Lipinski definition) is 10. The summed E-state index contributed by atoms with van der Waals surface area (Å²) in [6, 6.07) is 12.4. The zero-order valence-corrected chi connectivity index (χ0v) is 23.3. The van der Waals surface area contributed by atoms with Gasteiger partial charge in [0.05, 0.1) is 11.5 Å². The van der Waals surface area contributed by atoms with Gasteiger partial charge in [-0.25, -0.2) is 8.78 Å². The zero-order chi connectivity index (χ0) is 26.8. The molecule has 38 heavy (non-hydrogen) atoms. The number of rotatable bonds is 4. The monoisotopic (exact) mass is 590 g/mol. The van der Waals surface area contributed by atoms with Gasteiger partial charge >= 0.3 is 0 Å². The molecular formula is C24H20F2N6O2S4. The summed E-state index contributed by atoms with van der Waals surface area (Å²) in [4.78, 5) is 27.3. The topological polar surface area (TPSA) is 92.2 Å². The van der Waals surface area contributed by atoms with E-state index in [-0.39, 0.29) is 34.2 Å². The number of halogens is 2.